The highest BCUT2D eigenvalue weighted by molar-refractivity contribution is 8.00. The molecule has 15 aromatic rings. The zero-order valence-electron chi connectivity index (χ0n) is 44.7. The predicted octanol–water partition coefficient (Wildman–Crippen LogP) is 20.6. The Morgan fingerprint density at radius 3 is 0.537 bits per heavy atom. The molecule has 0 atom stereocenters. The van der Waals surface area contributed by atoms with Crippen LogP contribution < -0.4 is 16.4 Å². The fourth-order valence-electron chi connectivity index (χ4n) is 12.5. The molecule has 0 aromatic heterocycles. The van der Waals surface area contributed by atoms with Crippen LogP contribution in [-0.2, 0) is 0 Å². The highest BCUT2D eigenvalue weighted by Gasteiger charge is 2.35. The van der Waals surface area contributed by atoms with E-state index in [1.165, 1.54) is 144 Å². The quantitative estimate of drug-likeness (QED) is 0.0884. The van der Waals surface area contributed by atoms with Crippen LogP contribution in [0.2, 0.25) is 0 Å². The molecule has 0 bridgehead atoms. The molecule has 0 unspecified atom stereocenters. The van der Waals surface area contributed by atoms with Gasteiger partial charge < -0.3 is 0 Å². The molecule has 0 aliphatic rings. The lowest BCUT2D eigenvalue weighted by atomic mass is 9.33. The van der Waals surface area contributed by atoms with Crippen LogP contribution in [0.4, 0.5) is 0 Å². The number of rotatable bonds is 12. The van der Waals surface area contributed by atoms with E-state index in [9.17, 15) is 0 Å². The van der Waals surface area contributed by atoms with Crippen LogP contribution in [-0.4, -0.2) is 6.71 Å². The van der Waals surface area contributed by atoms with Crippen LogP contribution in [0.5, 0.6) is 0 Å². The van der Waals surface area contributed by atoms with E-state index in [0.29, 0.717) is 0 Å². The van der Waals surface area contributed by atoms with Gasteiger partial charge in [0.2, 0.25) is 6.71 Å². The Balaban J connectivity index is 0.996. The molecule has 15 aromatic carbocycles. The standard InChI is InChI=1S/C78H51BS3/c1-4-22-52(23-5-1)55-40-46-58(47-41-55)80-76-67-34-16-10-28-61(67)73(62-29-11-17-35-68(62)76)79(74-63-30-12-18-36-69(63)77(70-37-19-13-31-64(70)74)81-59-48-42-56(43-49-59)53-24-6-2-7-25-53)75-65-32-14-20-38-71(65)78(72-39-21-15-33-66(72)75)82-60-50-44-57(45-51-60)54-26-8-3-9-27-54/h1-51H. The summed E-state index contributed by atoms with van der Waals surface area (Å²) in [6, 6.07) is 115. The first-order valence-electron chi connectivity index (χ1n) is 28.0. The lowest BCUT2D eigenvalue weighted by Crippen LogP contribution is -2.54. The number of hydrogen-bond donors (Lipinski definition) is 0. The molecule has 0 N–H and O–H groups in total. The Morgan fingerprint density at radius 2 is 0.329 bits per heavy atom. The molecular formula is C78H51BS3. The maximum atomic E-state index is 2.40. The van der Waals surface area contributed by atoms with Gasteiger partial charge in [0.25, 0.3) is 0 Å². The molecule has 0 fully saturated rings. The largest absolute Gasteiger partial charge is 0.246 e. The van der Waals surface area contributed by atoms with E-state index in [0.717, 1.165) is 0 Å². The fraction of sp³-hybridized carbons (Fsp3) is 0. The molecule has 0 nitrogen and oxygen atoms in total. The molecule has 0 heterocycles. The Morgan fingerprint density at radius 1 is 0.159 bits per heavy atom. The van der Waals surface area contributed by atoms with E-state index in [4.69, 9.17) is 0 Å². The van der Waals surface area contributed by atoms with Crippen molar-refractivity contribution in [3.8, 4) is 33.4 Å². The molecule has 384 valence electrons. The van der Waals surface area contributed by atoms with Crippen molar-refractivity contribution in [2.24, 2.45) is 0 Å². The highest BCUT2D eigenvalue weighted by Crippen LogP contribution is 2.45. The Bertz CT molecular complexity index is 4190. The van der Waals surface area contributed by atoms with Crippen molar-refractivity contribution in [1.82, 2.24) is 0 Å². The van der Waals surface area contributed by atoms with Crippen molar-refractivity contribution in [2.75, 3.05) is 0 Å². The summed E-state index contributed by atoms with van der Waals surface area (Å²) in [5.74, 6) is 0. The predicted molar refractivity (Wildman–Crippen MR) is 357 cm³/mol. The minimum Gasteiger partial charge on any atom is -0.0888 e. The molecule has 15 rings (SSSR count). The van der Waals surface area contributed by atoms with Gasteiger partial charge in [0, 0.05) is 29.4 Å². The molecule has 0 spiro atoms. The molecule has 0 amide bonds. The summed E-state index contributed by atoms with van der Waals surface area (Å²) < 4.78 is 0. The Labute approximate surface area is 491 Å². The van der Waals surface area contributed by atoms with Crippen molar-refractivity contribution in [3.63, 3.8) is 0 Å². The van der Waals surface area contributed by atoms with Crippen molar-refractivity contribution in [3.05, 3.63) is 309 Å². The molecule has 82 heavy (non-hydrogen) atoms. The van der Waals surface area contributed by atoms with Gasteiger partial charge in [-0.15, -0.1) is 0 Å². The normalized spacial score (nSPS) is 11.6. The second kappa shape index (κ2) is 21.8. The van der Waals surface area contributed by atoms with Crippen LogP contribution in [0.1, 0.15) is 0 Å². The number of fused-ring (bicyclic) bond motifs is 6. The van der Waals surface area contributed by atoms with Crippen molar-refractivity contribution in [2.45, 2.75) is 29.4 Å². The van der Waals surface area contributed by atoms with Gasteiger partial charge in [-0.25, -0.2) is 0 Å². The highest BCUT2D eigenvalue weighted by atomic mass is 32.2. The molecule has 0 saturated heterocycles. The molecule has 0 aliphatic carbocycles. The van der Waals surface area contributed by atoms with Gasteiger partial charge in [0.15, 0.2) is 0 Å². The zero-order chi connectivity index (χ0) is 54.3. The minimum absolute atomic E-state index is 0.239. The van der Waals surface area contributed by atoms with E-state index < -0.39 is 0 Å². The first-order valence-corrected chi connectivity index (χ1v) is 30.5. The number of benzene rings is 15. The van der Waals surface area contributed by atoms with Crippen LogP contribution >= 0.6 is 35.3 Å². The van der Waals surface area contributed by atoms with E-state index in [1.807, 2.05) is 35.3 Å². The van der Waals surface area contributed by atoms with Crippen molar-refractivity contribution in [1.29, 1.82) is 0 Å². The van der Waals surface area contributed by atoms with E-state index in [-0.39, 0.29) is 6.71 Å². The molecule has 4 heteroatoms. The summed E-state index contributed by atoms with van der Waals surface area (Å²) >= 11 is 5.62. The summed E-state index contributed by atoms with van der Waals surface area (Å²) in [5.41, 5.74) is 11.3. The second-order valence-corrected chi connectivity index (χ2v) is 24.2. The average Bonchev–Trinajstić information content (AvgIpc) is 2.70. The smallest absolute Gasteiger partial charge is 0.0888 e. The van der Waals surface area contributed by atoms with Crippen molar-refractivity contribution >= 4 is 123 Å². The second-order valence-electron chi connectivity index (χ2n) is 20.9. The Hall–Kier alpha value is -9.03. The third-order valence-corrected chi connectivity index (χ3v) is 19.6. The summed E-state index contributed by atoms with van der Waals surface area (Å²) in [6.07, 6.45) is 0. The van der Waals surface area contributed by atoms with Gasteiger partial charge in [-0.05, 0) is 134 Å². The maximum absolute atomic E-state index is 2.40. The lowest BCUT2D eigenvalue weighted by Gasteiger charge is -2.28. The first-order chi connectivity index (χ1) is 40.7. The molecular weight excluding hydrogens is 1040 g/mol. The van der Waals surface area contributed by atoms with Gasteiger partial charge in [0.05, 0.1) is 0 Å². The fourth-order valence-corrected chi connectivity index (χ4v) is 15.7. The average molecular weight is 1100 g/mol. The van der Waals surface area contributed by atoms with E-state index >= 15 is 0 Å². The van der Waals surface area contributed by atoms with Gasteiger partial charge >= 0.3 is 0 Å². The SMILES string of the molecule is c1ccc(-c2ccc(Sc3c4ccccc4c(B(c4c5ccccc5c(Sc5ccc(-c6ccccc6)cc5)c5ccccc45)c4c5ccccc5c(Sc5ccc(-c6ccccc6)cc5)c5ccccc45)c4ccccc34)cc2)cc1. The molecule has 0 radical (unpaired) electrons. The topological polar surface area (TPSA) is 0 Å². The van der Waals surface area contributed by atoms with Crippen LogP contribution in [0.25, 0.3) is 98.0 Å². The number of hydrogen-bond acceptors (Lipinski definition) is 3. The summed E-state index contributed by atoms with van der Waals surface area (Å²) in [7, 11) is 0. The van der Waals surface area contributed by atoms with Gasteiger partial charge in [-0.2, -0.15) is 0 Å². The maximum Gasteiger partial charge on any atom is 0.246 e. The monoisotopic (exact) mass is 1090 g/mol. The lowest BCUT2D eigenvalue weighted by molar-refractivity contribution is 1.44. The van der Waals surface area contributed by atoms with Crippen LogP contribution in [0.3, 0.4) is 0 Å². The third kappa shape index (κ3) is 9.14. The summed E-state index contributed by atoms with van der Waals surface area (Å²) in [4.78, 5) is 7.42. The van der Waals surface area contributed by atoms with Gasteiger partial charge in [-0.3, -0.25) is 0 Å². The zero-order valence-corrected chi connectivity index (χ0v) is 47.2. The summed E-state index contributed by atoms with van der Waals surface area (Å²) in [5, 5.41) is 15.0. The van der Waals surface area contributed by atoms with Crippen LogP contribution in [0.15, 0.2) is 339 Å². The van der Waals surface area contributed by atoms with Gasteiger partial charge in [0.1, 0.15) is 0 Å². The molecule has 0 saturated carbocycles. The Kier molecular flexibility index (Phi) is 13.3. The van der Waals surface area contributed by atoms with Gasteiger partial charge in [-0.1, -0.05) is 325 Å². The summed E-state index contributed by atoms with van der Waals surface area (Å²) in [6.45, 7) is -0.239. The van der Waals surface area contributed by atoms with E-state index in [2.05, 4.69) is 309 Å². The first kappa shape index (κ1) is 50.0. The third-order valence-electron chi connectivity index (χ3n) is 16.2. The van der Waals surface area contributed by atoms with Crippen LogP contribution in [0, 0.1) is 0 Å². The van der Waals surface area contributed by atoms with Crippen molar-refractivity contribution < 1.29 is 0 Å². The van der Waals surface area contributed by atoms with E-state index in [1.54, 1.807) is 0 Å². The minimum atomic E-state index is -0.239. The molecule has 0 aliphatic heterocycles.